The molecule has 8 nitrogen and oxygen atoms in total. The van der Waals surface area contributed by atoms with E-state index in [9.17, 15) is 14.4 Å². The van der Waals surface area contributed by atoms with Crippen molar-refractivity contribution in [2.75, 3.05) is 6.54 Å². The minimum Gasteiger partial charge on any atom is -0.350 e. The molecule has 0 bridgehead atoms. The van der Waals surface area contributed by atoms with Crippen LogP contribution in [0.25, 0.3) is 16.5 Å². The van der Waals surface area contributed by atoms with E-state index in [0.717, 1.165) is 16.6 Å². The normalized spacial score (nSPS) is 13.9. The highest BCUT2D eigenvalue weighted by Gasteiger charge is 2.32. The SMILES string of the molecule is CC(NC(=O)CCCN1C(=O)c2cccc3cccc(c23)C1=O)c1ccc(-n2cncn2)cc1. The predicted molar refractivity (Wildman–Crippen MR) is 126 cm³/mol. The van der Waals surface area contributed by atoms with Gasteiger partial charge in [-0.2, -0.15) is 5.10 Å². The maximum absolute atomic E-state index is 13.0. The number of hydrogen-bond donors (Lipinski definition) is 1. The van der Waals surface area contributed by atoms with E-state index in [2.05, 4.69) is 15.4 Å². The van der Waals surface area contributed by atoms with Gasteiger partial charge in [0.1, 0.15) is 12.7 Å². The smallest absolute Gasteiger partial charge is 0.261 e. The zero-order valence-corrected chi connectivity index (χ0v) is 18.6. The summed E-state index contributed by atoms with van der Waals surface area (Å²) in [6.45, 7) is 2.11. The highest BCUT2D eigenvalue weighted by molar-refractivity contribution is 6.25. The van der Waals surface area contributed by atoms with Crippen molar-refractivity contribution in [2.24, 2.45) is 0 Å². The maximum atomic E-state index is 13.0. The van der Waals surface area contributed by atoms with Crippen LogP contribution in [0.15, 0.2) is 73.3 Å². The molecular weight excluding hydrogens is 430 g/mol. The average molecular weight is 454 g/mol. The second-order valence-electron chi connectivity index (χ2n) is 8.30. The first-order chi connectivity index (χ1) is 16.5. The van der Waals surface area contributed by atoms with Gasteiger partial charge >= 0.3 is 0 Å². The minimum atomic E-state index is -0.310. The quantitative estimate of drug-likeness (QED) is 0.431. The lowest BCUT2D eigenvalue weighted by Gasteiger charge is -2.27. The van der Waals surface area contributed by atoms with E-state index in [-0.39, 0.29) is 36.7 Å². The lowest BCUT2D eigenvalue weighted by atomic mass is 9.94. The van der Waals surface area contributed by atoms with Crippen LogP contribution < -0.4 is 5.32 Å². The predicted octanol–water partition coefficient (Wildman–Crippen LogP) is 3.67. The first-order valence-corrected chi connectivity index (χ1v) is 11.1. The minimum absolute atomic E-state index is 0.132. The van der Waals surface area contributed by atoms with E-state index in [1.54, 1.807) is 23.1 Å². The first-order valence-electron chi connectivity index (χ1n) is 11.1. The van der Waals surface area contributed by atoms with Crippen LogP contribution in [0, 0.1) is 0 Å². The molecular formula is C26H23N5O3. The Morgan fingerprint density at radius 1 is 0.971 bits per heavy atom. The second-order valence-corrected chi connectivity index (χ2v) is 8.30. The first kappa shape index (κ1) is 21.5. The van der Waals surface area contributed by atoms with E-state index in [4.69, 9.17) is 0 Å². The largest absolute Gasteiger partial charge is 0.350 e. The van der Waals surface area contributed by atoms with Crippen molar-refractivity contribution in [3.63, 3.8) is 0 Å². The highest BCUT2D eigenvalue weighted by atomic mass is 16.2. The van der Waals surface area contributed by atoms with E-state index in [1.807, 2.05) is 55.5 Å². The topological polar surface area (TPSA) is 97.2 Å². The van der Waals surface area contributed by atoms with Crippen LogP contribution in [-0.4, -0.2) is 43.9 Å². The van der Waals surface area contributed by atoms with Crippen LogP contribution in [0.4, 0.5) is 0 Å². The molecule has 3 amide bonds. The standard InChI is InChI=1S/C26H23N5O3/c1-17(18-10-12-20(13-11-18)31-16-27-15-28-31)29-23(32)9-4-14-30-25(33)21-7-2-5-19-6-3-8-22(24(19)21)26(30)34/h2-3,5-8,10-13,15-17H,4,9,14H2,1H3,(H,29,32). The van der Waals surface area contributed by atoms with Gasteiger partial charge in [-0.1, -0.05) is 36.4 Å². The van der Waals surface area contributed by atoms with Crippen LogP contribution in [0.3, 0.4) is 0 Å². The molecule has 2 heterocycles. The lowest BCUT2D eigenvalue weighted by Crippen LogP contribution is -2.41. The average Bonchev–Trinajstić information content (AvgIpc) is 3.39. The van der Waals surface area contributed by atoms with Crippen molar-refractivity contribution in [1.82, 2.24) is 25.0 Å². The number of carbonyl (C=O) groups is 3. The highest BCUT2D eigenvalue weighted by Crippen LogP contribution is 2.30. The zero-order valence-electron chi connectivity index (χ0n) is 18.6. The number of nitrogens with zero attached hydrogens (tertiary/aromatic N) is 4. The zero-order chi connectivity index (χ0) is 23.7. The fourth-order valence-electron chi connectivity index (χ4n) is 4.34. The summed E-state index contributed by atoms with van der Waals surface area (Å²) >= 11 is 0. The van der Waals surface area contributed by atoms with Gasteiger partial charge < -0.3 is 5.32 Å². The Labute approximate surface area is 196 Å². The van der Waals surface area contributed by atoms with Gasteiger partial charge in [-0.3, -0.25) is 19.3 Å². The summed E-state index contributed by atoms with van der Waals surface area (Å²) in [7, 11) is 0. The summed E-state index contributed by atoms with van der Waals surface area (Å²) in [6, 6.07) is 18.4. The van der Waals surface area contributed by atoms with Gasteiger partial charge in [-0.05, 0) is 48.6 Å². The molecule has 3 aromatic carbocycles. The summed E-state index contributed by atoms with van der Waals surface area (Å²) in [6.07, 6.45) is 3.70. The van der Waals surface area contributed by atoms with Gasteiger partial charge in [-0.15, -0.1) is 0 Å². The van der Waals surface area contributed by atoms with Gasteiger partial charge in [-0.25, -0.2) is 9.67 Å². The Morgan fingerprint density at radius 3 is 2.26 bits per heavy atom. The molecule has 0 spiro atoms. The van der Waals surface area contributed by atoms with Crippen molar-refractivity contribution < 1.29 is 14.4 Å². The van der Waals surface area contributed by atoms with E-state index < -0.39 is 0 Å². The van der Waals surface area contributed by atoms with Crippen LogP contribution >= 0.6 is 0 Å². The van der Waals surface area contributed by atoms with Crippen molar-refractivity contribution in [3.8, 4) is 5.69 Å². The molecule has 0 fully saturated rings. The molecule has 1 aromatic heterocycles. The van der Waals surface area contributed by atoms with Gasteiger partial charge in [0, 0.05) is 29.5 Å². The summed E-state index contributed by atoms with van der Waals surface area (Å²) in [5.41, 5.74) is 2.90. The molecule has 1 atom stereocenters. The van der Waals surface area contributed by atoms with E-state index in [0.29, 0.717) is 22.9 Å². The molecule has 8 heteroatoms. The molecule has 170 valence electrons. The van der Waals surface area contributed by atoms with Crippen LogP contribution in [0.1, 0.15) is 52.1 Å². The molecule has 34 heavy (non-hydrogen) atoms. The fraction of sp³-hybridized carbons (Fsp3) is 0.192. The lowest BCUT2D eigenvalue weighted by molar-refractivity contribution is -0.121. The molecule has 0 saturated carbocycles. The number of aromatic nitrogens is 3. The molecule has 0 saturated heterocycles. The molecule has 1 aliphatic rings. The van der Waals surface area contributed by atoms with Crippen molar-refractivity contribution in [3.05, 3.63) is 90.0 Å². The van der Waals surface area contributed by atoms with Gasteiger partial charge in [0.05, 0.1) is 11.7 Å². The van der Waals surface area contributed by atoms with Crippen molar-refractivity contribution in [2.45, 2.75) is 25.8 Å². The molecule has 1 N–H and O–H groups in total. The Hall–Kier alpha value is -4.33. The molecule has 0 radical (unpaired) electrons. The Morgan fingerprint density at radius 2 is 1.65 bits per heavy atom. The molecule has 1 aliphatic heterocycles. The number of nitrogens with one attached hydrogen (secondary N) is 1. The molecule has 5 rings (SSSR count). The molecule has 4 aromatic rings. The number of carbonyl (C=O) groups excluding carboxylic acids is 3. The van der Waals surface area contributed by atoms with Gasteiger partial charge in [0.25, 0.3) is 11.8 Å². The second kappa shape index (κ2) is 8.90. The molecule has 0 aliphatic carbocycles. The Bertz CT molecular complexity index is 1330. The monoisotopic (exact) mass is 453 g/mol. The summed E-state index contributed by atoms with van der Waals surface area (Å²) in [4.78, 5) is 43.6. The Kier molecular flexibility index (Phi) is 5.63. The number of imide groups is 1. The third-order valence-corrected chi connectivity index (χ3v) is 6.10. The van der Waals surface area contributed by atoms with Crippen LogP contribution in [-0.2, 0) is 4.79 Å². The van der Waals surface area contributed by atoms with Gasteiger partial charge in [0.2, 0.25) is 5.91 Å². The maximum Gasteiger partial charge on any atom is 0.261 e. The third kappa shape index (κ3) is 3.94. The number of rotatable bonds is 7. The van der Waals surface area contributed by atoms with Gasteiger partial charge in [0.15, 0.2) is 0 Å². The van der Waals surface area contributed by atoms with E-state index in [1.165, 1.54) is 11.2 Å². The number of hydrogen-bond acceptors (Lipinski definition) is 5. The van der Waals surface area contributed by atoms with E-state index >= 15 is 0 Å². The third-order valence-electron chi connectivity index (χ3n) is 6.10. The summed E-state index contributed by atoms with van der Waals surface area (Å²) < 4.78 is 1.66. The number of amides is 3. The molecule has 1 unspecified atom stereocenters. The fourth-order valence-corrected chi connectivity index (χ4v) is 4.34. The summed E-state index contributed by atoms with van der Waals surface area (Å²) in [5.74, 6) is -0.752. The Balaban J connectivity index is 1.18. The van der Waals surface area contributed by atoms with Crippen LogP contribution in [0.2, 0.25) is 0 Å². The van der Waals surface area contributed by atoms with Crippen molar-refractivity contribution in [1.29, 1.82) is 0 Å². The van der Waals surface area contributed by atoms with Crippen LogP contribution in [0.5, 0.6) is 0 Å². The number of benzene rings is 3. The summed E-state index contributed by atoms with van der Waals surface area (Å²) in [5, 5.41) is 8.66. The van der Waals surface area contributed by atoms with Crippen molar-refractivity contribution >= 4 is 28.5 Å².